The van der Waals surface area contributed by atoms with E-state index in [1.807, 2.05) is 48.0 Å². The Morgan fingerprint density at radius 1 is 1.35 bits per heavy atom. The molecule has 0 spiro atoms. The molecule has 6 heteroatoms. The van der Waals surface area contributed by atoms with Crippen molar-refractivity contribution in [3.8, 4) is 5.75 Å². The molecule has 2 heterocycles. The van der Waals surface area contributed by atoms with Gasteiger partial charge < -0.3 is 14.4 Å². The number of nitrogens with zero attached hydrogens (tertiary/aromatic N) is 2. The highest BCUT2D eigenvalue weighted by Gasteiger charge is 2.29. The van der Waals surface area contributed by atoms with E-state index in [1.165, 1.54) is 12.2 Å². The van der Waals surface area contributed by atoms with Gasteiger partial charge in [0.15, 0.2) is 0 Å². The van der Waals surface area contributed by atoms with Crippen LogP contribution in [0.1, 0.15) is 24.8 Å². The summed E-state index contributed by atoms with van der Waals surface area (Å²) in [4.78, 5) is 17.0. The van der Waals surface area contributed by atoms with E-state index < -0.39 is 0 Å². The van der Waals surface area contributed by atoms with Crippen molar-refractivity contribution in [3.05, 3.63) is 29.8 Å². The van der Waals surface area contributed by atoms with Gasteiger partial charge in [0, 0.05) is 44.1 Å². The molecule has 0 aromatic heterocycles. The Morgan fingerprint density at radius 2 is 2.19 bits per heavy atom. The third-order valence-electron chi connectivity index (χ3n) is 5.25. The Balaban J connectivity index is 1.60. The van der Waals surface area contributed by atoms with Crippen molar-refractivity contribution in [3.63, 3.8) is 0 Å². The lowest BCUT2D eigenvalue weighted by atomic mass is 10.1. The highest BCUT2D eigenvalue weighted by atomic mass is 32.2. The first-order valence-corrected chi connectivity index (χ1v) is 10.6. The summed E-state index contributed by atoms with van der Waals surface area (Å²) in [6, 6.07) is 8.38. The Morgan fingerprint density at radius 3 is 2.88 bits per heavy atom. The number of ether oxygens (including phenoxy) is 2. The summed E-state index contributed by atoms with van der Waals surface area (Å²) in [5.74, 6) is 3.30. The van der Waals surface area contributed by atoms with E-state index in [4.69, 9.17) is 9.47 Å². The average Bonchev–Trinajstić information content (AvgIpc) is 3.35. The molecule has 2 aliphatic heterocycles. The molecule has 5 nitrogen and oxygen atoms in total. The van der Waals surface area contributed by atoms with E-state index in [-0.39, 0.29) is 12.0 Å². The first kappa shape index (κ1) is 19.5. The molecule has 0 N–H and O–H groups in total. The monoisotopic (exact) mass is 378 g/mol. The third-order valence-corrected chi connectivity index (χ3v) is 6.39. The molecule has 2 aliphatic rings. The van der Waals surface area contributed by atoms with Crippen LogP contribution in [-0.4, -0.2) is 73.2 Å². The SMILES string of the molecule is COc1ccccc1CN(C)C(=O)CN(C[C@H]1CCCO1)[C@H]1CCSC1. The number of hydrogen-bond acceptors (Lipinski definition) is 5. The molecule has 1 aromatic carbocycles. The van der Waals surface area contributed by atoms with Gasteiger partial charge in [-0.05, 0) is 31.1 Å². The molecule has 0 saturated carbocycles. The van der Waals surface area contributed by atoms with E-state index >= 15 is 0 Å². The van der Waals surface area contributed by atoms with Crippen molar-refractivity contribution in [2.75, 3.05) is 45.4 Å². The zero-order valence-corrected chi connectivity index (χ0v) is 16.7. The molecule has 1 aromatic rings. The van der Waals surface area contributed by atoms with Gasteiger partial charge in [0.2, 0.25) is 5.91 Å². The molecule has 3 rings (SSSR count). The predicted octanol–water partition coefficient (Wildman–Crippen LogP) is 2.64. The van der Waals surface area contributed by atoms with Crippen LogP contribution in [0, 0.1) is 0 Å². The largest absolute Gasteiger partial charge is 0.496 e. The first-order chi connectivity index (χ1) is 12.7. The summed E-state index contributed by atoms with van der Waals surface area (Å²) in [7, 11) is 3.55. The van der Waals surface area contributed by atoms with Crippen molar-refractivity contribution >= 4 is 17.7 Å². The van der Waals surface area contributed by atoms with Gasteiger partial charge >= 0.3 is 0 Å². The number of thioether (sulfide) groups is 1. The van der Waals surface area contributed by atoms with Crippen LogP contribution in [0.25, 0.3) is 0 Å². The molecule has 0 unspecified atom stereocenters. The summed E-state index contributed by atoms with van der Waals surface area (Å²) >= 11 is 1.99. The van der Waals surface area contributed by atoms with Crippen molar-refractivity contribution in [2.24, 2.45) is 0 Å². The van der Waals surface area contributed by atoms with Gasteiger partial charge in [-0.15, -0.1) is 0 Å². The van der Waals surface area contributed by atoms with Gasteiger partial charge in [0.25, 0.3) is 0 Å². The number of hydrogen-bond donors (Lipinski definition) is 0. The highest BCUT2D eigenvalue weighted by molar-refractivity contribution is 7.99. The fourth-order valence-corrected chi connectivity index (χ4v) is 4.93. The lowest BCUT2D eigenvalue weighted by Crippen LogP contribution is -2.46. The van der Waals surface area contributed by atoms with Gasteiger partial charge in [0.1, 0.15) is 5.75 Å². The van der Waals surface area contributed by atoms with Crippen molar-refractivity contribution in [1.29, 1.82) is 0 Å². The van der Waals surface area contributed by atoms with Crippen LogP contribution in [-0.2, 0) is 16.1 Å². The normalized spacial score (nSPS) is 22.7. The number of benzene rings is 1. The maximum Gasteiger partial charge on any atom is 0.236 e. The fourth-order valence-electron chi connectivity index (χ4n) is 3.67. The number of para-hydroxylation sites is 1. The molecule has 0 bridgehead atoms. The second-order valence-corrected chi connectivity index (χ2v) is 8.29. The summed E-state index contributed by atoms with van der Waals surface area (Å²) in [6.07, 6.45) is 3.70. The minimum Gasteiger partial charge on any atom is -0.496 e. The van der Waals surface area contributed by atoms with Crippen LogP contribution in [0.15, 0.2) is 24.3 Å². The highest BCUT2D eigenvalue weighted by Crippen LogP contribution is 2.25. The molecule has 26 heavy (non-hydrogen) atoms. The predicted molar refractivity (Wildman–Crippen MR) is 106 cm³/mol. The van der Waals surface area contributed by atoms with Crippen molar-refractivity contribution in [2.45, 2.75) is 38.0 Å². The Kier molecular flexibility index (Phi) is 7.23. The number of carbonyl (C=O) groups is 1. The summed E-state index contributed by atoms with van der Waals surface area (Å²) in [6.45, 7) is 2.77. The summed E-state index contributed by atoms with van der Waals surface area (Å²) in [5.41, 5.74) is 1.04. The fraction of sp³-hybridized carbons (Fsp3) is 0.650. The van der Waals surface area contributed by atoms with Gasteiger partial charge in [-0.3, -0.25) is 9.69 Å². The van der Waals surface area contributed by atoms with Crippen LogP contribution in [0.5, 0.6) is 5.75 Å². The second kappa shape index (κ2) is 9.62. The molecule has 1 amide bonds. The molecular formula is C20H30N2O3S. The van der Waals surface area contributed by atoms with E-state index in [2.05, 4.69) is 4.90 Å². The van der Waals surface area contributed by atoms with Crippen molar-refractivity contribution < 1.29 is 14.3 Å². The maximum absolute atomic E-state index is 12.9. The van der Waals surface area contributed by atoms with Gasteiger partial charge in [0.05, 0.1) is 19.8 Å². The quantitative estimate of drug-likeness (QED) is 0.696. The third kappa shape index (κ3) is 5.15. The van der Waals surface area contributed by atoms with Gasteiger partial charge in [-0.2, -0.15) is 11.8 Å². The Bertz CT molecular complexity index is 586. The molecule has 0 radical (unpaired) electrons. The second-order valence-electron chi connectivity index (χ2n) is 7.14. The zero-order valence-electron chi connectivity index (χ0n) is 15.9. The van der Waals surface area contributed by atoms with Gasteiger partial charge in [-0.25, -0.2) is 0 Å². The standard InChI is InChI=1S/C20H30N2O3S/c1-21(12-16-6-3-4-8-19(16)24-2)20(23)14-22(17-9-11-26-15-17)13-18-7-5-10-25-18/h3-4,6,8,17-18H,5,7,9-15H2,1-2H3/t17-,18+/m0/s1. The van der Waals surface area contributed by atoms with Crippen LogP contribution in [0.3, 0.4) is 0 Å². The van der Waals surface area contributed by atoms with Crippen LogP contribution < -0.4 is 4.74 Å². The molecule has 2 saturated heterocycles. The zero-order chi connectivity index (χ0) is 18.4. The first-order valence-electron chi connectivity index (χ1n) is 9.46. The smallest absolute Gasteiger partial charge is 0.236 e. The molecule has 2 fully saturated rings. The summed E-state index contributed by atoms with van der Waals surface area (Å²) < 4.78 is 11.2. The number of rotatable bonds is 8. The minimum absolute atomic E-state index is 0.158. The van der Waals surface area contributed by atoms with Crippen LogP contribution >= 0.6 is 11.8 Å². The molecular weight excluding hydrogens is 348 g/mol. The molecule has 144 valence electrons. The topological polar surface area (TPSA) is 42.0 Å². The van der Waals surface area contributed by atoms with E-state index in [9.17, 15) is 4.79 Å². The maximum atomic E-state index is 12.9. The van der Waals surface area contributed by atoms with Crippen molar-refractivity contribution in [1.82, 2.24) is 9.80 Å². The van der Waals surface area contributed by atoms with Gasteiger partial charge in [-0.1, -0.05) is 18.2 Å². The summed E-state index contributed by atoms with van der Waals surface area (Å²) in [5, 5.41) is 0. The van der Waals surface area contributed by atoms with Crippen LogP contribution in [0.4, 0.5) is 0 Å². The number of likely N-dealkylation sites (N-methyl/N-ethyl adjacent to an activating group) is 1. The lowest BCUT2D eigenvalue weighted by Gasteiger charge is -2.31. The molecule has 2 atom stereocenters. The minimum atomic E-state index is 0.158. The van der Waals surface area contributed by atoms with E-state index in [1.54, 1.807) is 7.11 Å². The van der Waals surface area contributed by atoms with E-state index in [0.717, 1.165) is 43.1 Å². The number of methoxy groups -OCH3 is 1. The Labute approximate surface area is 161 Å². The lowest BCUT2D eigenvalue weighted by molar-refractivity contribution is -0.132. The Hall–Kier alpha value is -1.24. The van der Waals surface area contributed by atoms with Crippen LogP contribution in [0.2, 0.25) is 0 Å². The number of carbonyl (C=O) groups excluding carboxylic acids is 1. The molecule has 0 aliphatic carbocycles. The number of amides is 1. The van der Waals surface area contributed by atoms with E-state index in [0.29, 0.717) is 19.1 Å². The average molecular weight is 379 g/mol.